The maximum Gasteiger partial charge on any atom is 0.240 e. The first kappa shape index (κ1) is 22.9. The highest BCUT2D eigenvalue weighted by molar-refractivity contribution is 7.89. The van der Waals surface area contributed by atoms with Crippen LogP contribution in [-0.4, -0.2) is 65.7 Å². The molecule has 0 atom stereocenters. The van der Waals surface area contributed by atoms with Crippen LogP contribution in [0.1, 0.15) is 18.1 Å². The number of hydrogen-bond donors (Lipinski definition) is 2. The molecule has 0 bridgehead atoms. The Hall–Kier alpha value is -1.19. The lowest BCUT2D eigenvalue weighted by Gasteiger charge is -2.17. The summed E-state index contributed by atoms with van der Waals surface area (Å²) in [5, 5.41) is 3.09. The molecule has 148 valence electrons. The topological polar surface area (TPSA) is 87.7 Å². The van der Waals surface area contributed by atoms with Crippen molar-refractivity contribution in [3.05, 3.63) is 29.3 Å². The molecule has 0 spiro atoms. The maximum absolute atomic E-state index is 12.4. The quantitative estimate of drug-likeness (QED) is 0.617. The van der Waals surface area contributed by atoms with Gasteiger partial charge in [0.2, 0.25) is 15.9 Å². The van der Waals surface area contributed by atoms with E-state index in [0.717, 1.165) is 17.5 Å². The van der Waals surface area contributed by atoms with Gasteiger partial charge in [-0.15, -0.1) is 12.4 Å². The SMILES string of the molecule is COCCNCCNS(=O)(=O)c1ccc2c(c1)CCN(C(C)=O)CC2.Cl. The van der Waals surface area contributed by atoms with E-state index in [0.29, 0.717) is 45.8 Å². The average Bonchev–Trinajstić information content (AvgIpc) is 2.80. The van der Waals surface area contributed by atoms with Gasteiger partial charge in [-0.1, -0.05) is 6.07 Å². The van der Waals surface area contributed by atoms with Crippen molar-refractivity contribution in [1.82, 2.24) is 14.9 Å². The summed E-state index contributed by atoms with van der Waals surface area (Å²) in [7, 11) is -1.91. The van der Waals surface area contributed by atoms with E-state index in [1.165, 1.54) is 0 Å². The van der Waals surface area contributed by atoms with Crippen molar-refractivity contribution >= 4 is 28.3 Å². The predicted octanol–water partition coefficient (Wildman–Crippen LogP) is 0.570. The molecule has 0 saturated heterocycles. The number of fused-ring (bicyclic) bond motifs is 1. The molecule has 2 N–H and O–H groups in total. The molecule has 0 unspecified atom stereocenters. The first-order valence-electron chi connectivity index (χ1n) is 8.50. The first-order chi connectivity index (χ1) is 11.9. The van der Waals surface area contributed by atoms with E-state index in [1.807, 2.05) is 6.07 Å². The van der Waals surface area contributed by atoms with Crippen molar-refractivity contribution in [3.63, 3.8) is 0 Å². The molecule has 0 radical (unpaired) electrons. The highest BCUT2D eigenvalue weighted by Crippen LogP contribution is 2.20. The van der Waals surface area contributed by atoms with E-state index in [-0.39, 0.29) is 23.2 Å². The number of amides is 1. The van der Waals surface area contributed by atoms with E-state index >= 15 is 0 Å². The van der Waals surface area contributed by atoms with Crippen molar-refractivity contribution in [1.29, 1.82) is 0 Å². The number of methoxy groups -OCH3 is 1. The molecule has 1 aromatic rings. The highest BCUT2D eigenvalue weighted by Gasteiger charge is 2.19. The number of halogens is 1. The van der Waals surface area contributed by atoms with Crippen molar-refractivity contribution in [2.45, 2.75) is 24.7 Å². The molecule has 0 saturated carbocycles. The Bertz CT molecular complexity index is 697. The van der Waals surface area contributed by atoms with Crippen molar-refractivity contribution < 1.29 is 17.9 Å². The molecule has 0 aliphatic carbocycles. The van der Waals surface area contributed by atoms with Crippen LogP contribution in [0.5, 0.6) is 0 Å². The third-order valence-corrected chi connectivity index (χ3v) is 5.77. The van der Waals surface area contributed by atoms with Crippen LogP contribution in [0.15, 0.2) is 23.1 Å². The summed E-state index contributed by atoms with van der Waals surface area (Å²) >= 11 is 0. The summed E-state index contributed by atoms with van der Waals surface area (Å²) in [5.41, 5.74) is 2.12. The van der Waals surface area contributed by atoms with Gasteiger partial charge in [0.15, 0.2) is 0 Å². The number of carbonyl (C=O) groups excluding carboxylic acids is 1. The maximum atomic E-state index is 12.4. The Morgan fingerprint density at radius 1 is 1.15 bits per heavy atom. The van der Waals surface area contributed by atoms with E-state index < -0.39 is 10.0 Å². The Morgan fingerprint density at radius 2 is 1.85 bits per heavy atom. The third kappa shape index (κ3) is 6.51. The van der Waals surface area contributed by atoms with Gasteiger partial charge in [-0.3, -0.25) is 4.79 Å². The molecule has 1 heterocycles. The lowest BCUT2D eigenvalue weighted by atomic mass is 10.0. The molecule has 1 aromatic carbocycles. The first-order valence-corrected chi connectivity index (χ1v) is 9.99. The van der Waals surface area contributed by atoms with Gasteiger partial charge < -0.3 is 15.0 Å². The number of sulfonamides is 1. The molecule has 26 heavy (non-hydrogen) atoms. The number of hydrogen-bond acceptors (Lipinski definition) is 5. The van der Waals surface area contributed by atoms with Gasteiger partial charge in [-0.25, -0.2) is 13.1 Å². The fourth-order valence-electron chi connectivity index (χ4n) is 2.84. The van der Waals surface area contributed by atoms with Gasteiger partial charge in [0.05, 0.1) is 11.5 Å². The molecular weight excluding hydrogens is 378 g/mol. The van der Waals surface area contributed by atoms with E-state index in [4.69, 9.17) is 4.74 Å². The molecule has 2 rings (SSSR count). The normalized spacial score (nSPS) is 14.3. The highest BCUT2D eigenvalue weighted by atomic mass is 35.5. The van der Waals surface area contributed by atoms with Crippen LogP contribution >= 0.6 is 12.4 Å². The molecule has 1 amide bonds. The molecule has 1 aliphatic rings. The van der Waals surface area contributed by atoms with Gasteiger partial charge in [-0.05, 0) is 36.1 Å². The predicted molar refractivity (Wildman–Crippen MR) is 103 cm³/mol. The van der Waals surface area contributed by atoms with Gasteiger partial charge in [0.1, 0.15) is 0 Å². The second-order valence-electron chi connectivity index (χ2n) is 6.08. The van der Waals surface area contributed by atoms with Crippen molar-refractivity contribution in [2.24, 2.45) is 0 Å². The Balaban J connectivity index is 0.00000338. The second-order valence-corrected chi connectivity index (χ2v) is 7.84. The van der Waals surface area contributed by atoms with E-state index in [9.17, 15) is 13.2 Å². The smallest absolute Gasteiger partial charge is 0.240 e. The molecule has 9 heteroatoms. The minimum absolute atomic E-state index is 0. The molecule has 0 aromatic heterocycles. The molecular formula is C17H28ClN3O4S. The lowest BCUT2D eigenvalue weighted by molar-refractivity contribution is -0.128. The van der Waals surface area contributed by atoms with Crippen LogP contribution in [0.2, 0.25) is 0 Å². The Kier molecular flexibility index (Phi) is 9.52. The molecule has 7 nitrogen and oxygen atoms in total. The largest absolute Gasteiger partial charge is 0.383 e. The summed E-state index contributed by atoms with van der Waals surface area (Å²) in [6, 6.07) is 5.24. The number of benzene rings is 1. The molecule has 0 fully saturated rings. The molecule has 1 aliphatic heterocycles. The number of rotatable bonds is 8. The number of carbonyl (C=O) groups is 1. The van der Waals surface area contributed by atoms with Gasteiger partial charge in [0.25, 0.3) is 0 Å². The summed E-state index contributed by atoms with van der Waals surface area (Å²) in [4.78, 5) is 13.6. The minimum Gasteiger partial charge on any atom is -0.383 e. The number of nitrogens with zero attached hydrogens (tertiary/aromatic N) is 1. The Labute approximate surface area is 161 Å². The fraction of sp³-hybridized carbons (Fsp3) is 0.588. The zero-order valence-corrected chi connectivity index (χ0v) is 16.9. The fourth-order valence-corrected chi connectivity index (χ4v) is 3.92. The van der Waals surface area contributed by atoms with Gasteiger partial charge in [0, 0.05) is 46.8 Å². The van der Waals surface area contributed by atoms with Crippen LogP contribution < -0.4 is 10.0 Å². The third-order valence-electron chi connectivity index (χ3n) is 4.31. The number of ether oxygens (including phenoxy) is 1. The van der Waals surface area contributed by atoms with E-state index in [2.05, 4.69) is 10.0 Å². The van der Waals surface area contributed by atoms with Crippen molar-refractivity contribution in [3.8, 4) is 0 Å². The summed E-state index contributed by atoms with van der Waals surface area (Å²) in [5.74, 6) is 0.0586. The van der Waals surface area contributed by atoms with Crippen LogP contribution in [0.3, 0.4) is 0 Å². The zero-order valence-electron chi connectivity index (χ0n) is 15.3. The van der Waals surface area contributed by atoms with Gasteiger partial charge >= 0.3 is 0 Å². The average molecular weight is 406 g/mol. The zero-order chi connectivity index (χ0) is 18.3. The lowest BCUT2D eigenvalue weighted by Crippen LogP contribution is -2.33. The van der Waals surface area contributed by atoms with Gasteiger partial charge in [-0.2, -0.15) is 0 Å². The summed E-state index contributed by atoms with van der Waals surface area (Å²) < 4.78 is 32.4. The van der Waals surface area contributed by atoms with Crippen LogP contribution in [0, 0.1) is 0 Å². The van der Waals surface area contributed by atoms with Crippen LogP contribution in [-0.2, 0) is 32.4 Å². The second kappa shape index (κ2) is 10.8. The standard InChI is InChI=1S/C17H27N3O4S.ClH/c1-14(21)20-10-5-15-3-4-17(13-16(15)6-11-20)25(22,23)19-8-7-18-9-12-24-2;/h3-4,13,18-19H,5-12H2,1-2H3;1H. The van der Waals surface area contributed by atoms with E-state index in [1.54, 1.807) is 31.1 Å². The van der Waals surface area contributed by atoms with Crippen molar-refractivity contribution in [2.75, 3.05) is 46.4 Å². The number of nitrogens with one attached hydrogen (secondary N) is 2. The summed E-state index contributed by atoms with van der Waals surface area (Å²) in [6.45, 7) is 5.01. The minimum atomic E-state index is -3.53. The van der Waals surface area contributed by atoms with Crippen LogP contribution in [0.4, 0.5) is 0 Å². The monoisotopic (exact) mass is 405 g/mol. The summed E-state index contributed by atoms with van der Waals surface area (Å²) in [6.07, 6.45) is 1.43. The Morgan fingerprint density at radius 3 is 2.50 bits per heavy atom. The van der Waals surface area contributed by atoms with Crippen LogP contribution in [0.25, 0.3) is 0 Å².